The summed E-state index contributed by atoms with van der Waals surface area (Å²) in [5, 5.41) is 0. The first-order valence-corrected chi connectivity index (χ1v) is 10.0. The Labute approximate surface area is 160 Å². The highest BCUT2D eigenvalue weighted by atomic mass is 16.2. The van der Waals surface area contributed by atoms with Crippen molar-refractivity contribution in [2.75, 3.05) is 19.6 Å². The molecule has 0 radical (unpaired) electrons. The minimum atomic E-state index is 0.330. The Balaban J connectivity index is 1.37. The first-order chi connectivity index (χ1) is 13.3. The normalized spacial score (nSPS) is 21.0. The average molecular weight is 365 g/mol. The first kappa shape index (κ1) is 18.0. The van der Waals surface area contributed by atoms with Crippen molar-refractivity contribution < 1.29 is 4.79 Å². The van der Waals surface area contributed by atoms with Gasteiger partial charge in [0.05, 0.1) is 0 Å². The van der Waals surface area contributed by atoms with Gasteiger partial charge in [-0.25, -0.2) is 9.97 Å². The Bertz CT molecular complexity index is 749. The maximum atomic E-state index is 11.9. The topological polar surface area (TPSA) is 62.2 Å². The van der Waals surface area contributed by atoms with Crippen molar-refractivity contribution in [3.8, 4) is 11.5 Å². The molecule has 2 aromatic rings. The van der Waals surface area contributed by atoms with Crippen LogP contribution < -0.4 is 0 Å². The fourth-order valence-corrected chi connectivity index (χ4v) is 4.14. The van der Waals surface area contributed by atoms with Crippen LogP contribution in [0.4, 0.5) is 0 Å². The molecule has 1 amide bonds. The lowest BCUT2D eigenvalue weighted by Crippen LogP contribution is -2.41. The molecular formula is C21H27N5O. The second-order valence-electron chi connectivity index (χ2n) is 7.52. The lowest BCUT2D eigenvalue weighted by atomic mass is 9.98. The number of carbonyl (C=O) groups is 1. The number of piperidine rings is 1. The van der Waals surface area contributed by atoms with E-state index in [1.165, 1.54) is 19.3 Å². The second kappa shape index (κ2) is 8.57. The maximum absolute atomic E-state index is 11.9. The smallest absolute Gasteiger partial charge is 0.222 e. The molecule has 2 saturated heterocycles. The molecule has 0 spiro atoms. The van der Waals surface area contributed by atoms with Crippen molar-refractivity contribution in [1.82, 2.24) is 24.8 Å². The van der Waals surface area contributed by atoms with E-state index in [2.05, 4.69) is 19.9 Å². The third kappa shape index (κ3) is 4.50. The predicted octanol–water partition coefficient (Wildman–Crippen LogP) is 2.91. The van der Waals surface area contributed by atoms with E-state index in [4.69, 9.17) is 0 Å². The van der Waals surface area contributed by atoms with Gasteiger partial charge in [0, 0.05) is 56.3 Å². The summed E-state index contributed by atoms with van der Waals surface area (Å²) < 4.78 is 0. The molecule has 27 heavy (non-hydrogen) atoms. The Hall–Kier alpha value is -2.34. The van der Waals surface area contributed by atoms with Gasteiger partial charge in [-0.05, 0) is 44.4 Å². The summed E-state index contributed by atoms with van der Waals surface area (Å²) in [5.41, 5.74) is 1.94. The summed E-state index contributed by atoms with van der Waals surface area (Å²) in [4.78, 5) is 29.8. The van der Waals surface area contributed by atoms with Gasteiger partial charge in [-0.2, -0.15) is 0 Å². The SMILES string of the molecule is O=C1CCCN1CC[C@H]1CCCCN1Cc1cnc(-c2ccccn2)nc1. The number of likely N-dealkylation sites (tertiary alicyclic amines) is 2. The minimum absolute atomic E-state index is 0.330. The number of pyridine rings is 1. The zero-order chi connectivity index (χ0) is 18.5. The van der Waals surface area contributed by atoms with E-state index in [0.29, 0.717) is 17.8 Å². The van der Waals surface area contributed by atoms with Crippen LogP contribution in [0, 0.1) is 0 Å². The molecule has 0 aliphatic carbocycles. The van der Waals surface area contributed by atoms with E-state index < -0.39 is 0 Å². The van der Waals surface area contributed by atoms with E-state index in [0.717, 1.165) is 56.7 Å². The molecule has 6 nitrogen and oxygen atoms in total. The molecule has 0 N–H and O–H groups in total. The van der Waals surface area contributed by atoms with Crippen LogP contribution in [0.15, 0.2) is 36.8 Å². The third-order valence-corrected chi connectivity index (χ3v) is 5.64. The van der Waals surface area contributed by atoms with Gasteiger partial charge in [-0.1, -0.05) is 12.5 Å². The number of amides is 1. The maximum Gasteiger partial charge on any atom is 0.222 e. The van der Waals surface area contributed by atoms with Gasteiger partial charge in [-0.3, -0.25) is 14.7 Å². The zero-order valence-corrected chi connectivity index (χ0v) is 15.8. The third-order valence-electron chi connectivity index (χ3n) is 5.64. The molecular weight excluding hydrogens is 338 g/mol. The molecule has 4 rings (SSSR count). The Kier molecular flexibility index (Phi) is 5.72. The van der Waals surface area contributed by atoms with Crippen molar-refractivity contribution >= 4 is 5.91 Å². The molecule has 0 unspecified atom stereocenters. The molecule has 2 aromatic heterocycles. The predicted molar refractivity (Wildman–Crippen MR) is 104 cm³/mol. The van der Waals surface area contributed by atoms with Crippen LogP contribution in [0.25, 0.3) is 11.5 Å². The fourth-order valence-electron chi connectivity index (χ4n) is 4.14. The Morgan fingerprint density at radius 3 is 2.67 bits per heavy atom. The van der Waals surface area contributed by atoms with Crippen molar-refractivity contribution in [1.29, 1.82) is 0 Å². The monoisotopic (exact) mass is 365 g/mol. The minimum Gasteiger partial charge on any atom is -0.343 e. The molecule has 1 atom stereocenters. The van der Waals surface area contributed by atoms with Gasteiger partial charge in [-0.15, -0.1) is 0 Å². The summed E-state index contributed by atoms with van der Waals surface area (Å²) >= 11 is 0. The molecule has 2 aliphatic rings. The van der Waals surface area contributed by atoms with Crippen LogP contribution >= 0.6 is 0 Å². The van der Waals surface area contributed by atoms with Gasteiger partial charge < -0.3 is 4.90 Å². The molecule has 2 aliphatic heterocycles. The van der Waals surface area contributed by atoms with Crippen molar-refractivity contribution in [3.05, 3.63) is 42.4 Å². The number of nitrogens with zero attached hydrogens (tertiary/aromatic N) is 5. The standard InChI is InChI=1S/C21H27N5O/c27-20-8-5-12-25(20)13-9-18-6-2-4-11-26(18)16-17-14-23-21(24-15-17)19-7-1-3-10-22-19/h1,3,7,10,14-15,18H,2,4-6,8-9,11-13,16H2/t18-/m1/s1. The molecule has 2 fully saturated rings. The summed E-state index contributed by atoms with van der Waals surface area (Å²) in [7, 11) is 0. The molecule has 4 heterocycles. The lowest BCUT2D eigenvalue weighted by Gasteiger charge is -2.36. The number of carbonyl (C=O) groups excluding carboxylic acids is 1. The van der Waals surface area contributed by atoms with Crippen LogP contribution in [-0.4, -0.2) is 56.3 Å². The quantitative estimate of drug-likeness (QED) is 0.788. The molecule has 142 valence electrons. The number of rotatable bonds is 6. The summed E-state index contributed by atoms with van der Waals surface area (Å²) in [5.74, 6) is 0.998. The van der Waals surface area contributed by atoms with E-state index in [9.17, 15) is 4.79 Å². The zero-order valence-electron chi connectivity index (χ0n) is 15.8. The van der Waals surface area contributed by atoms with Crippen molar-refractivity contribution in [3.63, 3.8) is 0 Å². The van der Waals surface area contributed by atoms with E-state index >= 15 is 0 Å². The number of hydrogen-bond donors (Lipinski definition) is 0. The van der Waals surface area contributed by atoms with Crippen LogP contribution in [0.2, 0.25) is 0 Å². The van der Waals surface area contributed by atoms with Crippen molar-refractivity contribution in [2.45, 2.75) is 51.1 Å². The summed E-state index contributed by atoms with van der Waals surface area (Å²) in [6.07, 6.45) is 12.2. The van der Waals surface area contributed by atoms with Crippen LogP contribution in [0.1, 0.15) is 44.1 Å². The summed E-state index contributed by atoms with van der Waals surface area (Å²) in [6.45, 7) is 3.82. The number of aromatic nitrogens is 3. The molecule has 0 bridgehead atoms. The highest BCUT2D eigenvalue weighted by Gasteiger charge is 2.26. The first-order valence-electron chi connectivity index (χ1n) is 10.0. The largest absolute Gasteiger partial charge is 0.343 e. The van der Waals surface area contributed by atoms with E-state index in [-0.39, 0.29) is 0 Å². The second-order valence-corrected chi connectivity index (χ2v) is 7.52. The van der Waals surface area contributed by atoms with Gasteiger partial charge in [0.1, 0.15) is 5.69 Å². The molecule has 0 aromatic carbocycles. The van der Waals surface area contributed by atoms with Gasteiger partial charge in [0.25, 0.3) is 0 Å². The molecule has 0 saturated carbocycles. The fraction of sp³-hybridized carbons (Fsp3) is 0.524. The lowest BCUT2D eigenvalue weighted by molar-refractivity contribution is -0.127. The van der Waals surface area contributed by atoms with Crippen molar-refractivity contribution in [2.24, 2.45) is 0 Å². The van der Waals surface area contributed by atoms with Crippen LogP contribution in [0.3, 0.4) is 0 Å². The Morgan fingerprint density at radius 1 is 1.04 bits per heavy atom. The Morgan fingerprint density at radius 2 is 1.93 bits per heavy atom. The molecule has 6 heteroatoms. The van der Waals surface area contributed by atoms with Gasteiger partial charge in [0.2, 0.25) is 5.91 Å². The average Bonchev–Trinajstić information content (AvgIpc) is 3.13. The summed E-state index contributed by atoms with van der Waals surface area (Å²) in [6, 6.07) is 6.31. The van der Waals surface area contributed by atoms with E-state index in [1.807, 2.05) is 35.5 Å². The van der Waals surface area contributed by atoms with Crippen LogP contribution in [-0.2, 0) is 11.3 Å². The number of hydrogen-bond acceptors (Lipinski definition) is 5. The highest BCUT2D eigenvalue weighted by molar-refractivity contribution is 5.78. The van der Waals surface area contributed by atoms with E-state index in [1.54, 1.807) is 6.20 Å². The van der Waals surface area contributed by atoms with Gasteiger partial charge in [0.15, 0.2) is 5.82 Å². The highest BCUT2D eigenvalue weighted by Crippen LogP contribution is 2.23. The van der Waals surface area contributed by atoms with Gasteiger partial charge >= 0.3 is 0 Å². The van der Waals surface area contributed by atoms with Crippen LogP contribution in [0.5, 0.6) is 0 Å².